The summed E-state index contributed by atoms with van der Waals surface area (Å²) in [7, 11) is 0. The number of hydrogen-bond donors (Lipinski definition) is 1. The fourth-order valence-electron chi connectivity index (χ4n) is 3.43. The highest BCUT2D eigenvalue weighted by molar-refractivity contribution is 7.13. The summed E-state index contributed by atoms with van der Waals surface area (Å²) in [5, 5.41) is 5.99. The SMILES string of the molecule is O=C(Nc1cccc(-c2csc(-c3ccccc3)n2)c1)c1ccccc1Oc1ccccc1. The zero-order valence-electron chi connectivity index (χ0n) is 17.6. The Kier molecular flexibility index (Phi) is 5.95. The average Bonchev–Trinajstić information content (AvgIpc) is 3.36. The van der Waals surface area contributed by atoms with Gasteiger partial charge in [-0.1, -0.05) is 72.8 Å². The highest BCUT2D eigenvalue weighted by atomic mass is 32.1. The summed E-state index contributed by atoms with van der Waals surface area (Å²) >= 11 is 1.60. The predicted molar refractivity (Wildman–Crippen MR) is 134 cm³/mol. The molecule has 0 saturated carbocycles. The molecule has 160 valence electrons. The van der Waals surface area contributed by atoms with Crippen LogP contribution in [0.25, 0.3) is 21.8 Å². The Morgan fingerprint density at radius 1 is 0.758 bits per heavy atom. The van der Waals surface area contributed by atoms with Crippen molar-refractivity contribution in [1.29, 1.82) is 0 Å². The molecule has 4 nitrogen and oxygen atoms in total. The number of nitrogens with one attached hydrogen (secondary N) is 1. The van der Waals surface area contributed by atoms with Crippen molar-refractivity contribution in [1.82, 2.24) is 4.98 Å². The van der Waals surface area contributed by atoms with Gasteiger partial charge in [0, 0.05) is 22.2 Å². The van der Waals surface area contributed by atoms with Crippen LogP contribution in [0.5, 0.6) is 11.5 Å². The Hall–Kier alpha value is -4.22. The third-order valence-electron chi connectivity index (χ3n) is 5.04. The van der Waals surface area contributed by atoms with Crippen LogP contribution in [0.3, 0.4) is 0 Å². The lowest BCUT2D eigenvalue weighted by atomic mass is 10.1. The topological polar surface area (TPSA) is 51.2 Å². The van der Waals surface area contributed by atoms with E-state index in [9.17, 15) is 4.79 Å². The molecule has 0 spiro atoms. The molecule has 0 aliphatic carbocycles. The summed E-state index contributed by atoms with van der Waals surface area (Å²) < 4.78 is 5.94. The molecule has 0 aliphatic heterocycles. The van der Waals surface area contributed by atoms with E-state index in [0.717, 1.165) is 21.8 Å². The number of ether oxygens (including phenoxy) is 1. The van der Waals surface area contributed by atoms with Crippen molar-refractivity contribution in [3.8, 4) is 33.3 Å². The van der Waals surface area contributed by atoms with Crippen molar-refractivity contribution in [2.75, 3.05) is 5.32 Å². The molecule has 5 aromatic rings. The van der Waals surface area contributed by atoms with Crippen LogP contribution in [0.1, 0.15) is 10.4 Å². The summed E-state index contributed by atoms with van der Waals surface area (Å²) in [6.07, 6.45) is 0. The maximum Gasteiger partial charge on any atom is 0.259 e. The quantitative estimate of drug-likeness (QED) is 0.292. The molecule has 5 rings (SSSR count). The second-order valence-electron chi connectivity index (χ2n) is 7.35. The molecule has 4 aromatic carbocycles. The second kappa shape index (κ2) is 9.51. The van der Waals surface area contributed by atoms with Gasteiger partial charge in [-0.25, -0.2) is 4.98 Å². The van der Waals surface area contributed by atoms with Crippen molar-refractivity contribution < 1.29 is 9.53 Å². The zero-order chi connectivity index (χ0) is 22.5. The number of rotatable bonds is 6. The number of carbonyl (C=O) groups is 1. The Morgan fingerprint density at radius 3 is 2.27 bits per heavy atom. The van der Waals surface area contributed by atoms with Crippen molar-refractivity contribution in [2.45, 2.75) is 0 Å². The fraction of sp³-hybridized carbons (Fsp3) is 0. The first-order chi connectivity index (χ1) is 16.3. The molecule has 0 radical (unpaired) electrons. The van der Waals surface area contributed by atoms with Crippen LogP contribution < -0.4 is 10.1 Å². The number of thiazole rings is 1. The van der Waals surface area contributed by atoms with E-state index in [1.165, 1.54) is 0 Å². The minimum absolute atomic E-state index is 0.234. The number of amides is 1. The number of nitrogens with zero attached hydrogens (tertiary/aromatic N) is 1. The van der Waals surface area contributed by atoms with Gasteiger partial charge >= 0.3 is 0 Å². The molecule has 33 heavy (non-hydrogen) atoms. The molecule has 0 bridgehead atoms. The van der Waals surface area contributed by atoms with Gasteiger partial charge in [0.1, 0.15) is 16.5 Å². The first-order valence-electron chi connectivity index (χ1n) is 10.5. The third kappa shape index (κ3) is 4.84. The smallest absolute Gasteiger partial charge is 0.259 e. The van der Waals surface area contributed by atoms with Gasteiger partial charge in [-0.2, -0.15) is 0 Å². The van der Waals surface area contributed by atoms with Crippen LogP contribution in [-0.4, -0.2) is 10.9 Å². The van der Waals surface area contributed by atoms with Gasteiger partial charge in [-0.3, -0.25) is 4.79 Å². The number of aromatic nitrogens is 1. The van der Waals surface area contributed by atoms with E-state index >= 15 is 0 Å². The highest BCUT2D eigenvalue weighted by Crippen LogP contribution is 2.30. The predicted octanol–water partition coefficient (Wildman–Crippen LogP) is 7.52. The van der Waals surface area contributed by atoms with Gasteiger partial charge in [0.25, 0.3) is 5.91 Å². The maximum atomic E-state index is 13.1. The van der Waals surface area contributed by atoms with Crippen molar-refractivity contribution in [2.24, 2.45) is 0 Å². The Bertz CT molecular complexity index is 1380. The van der Waals surface area contributed by atoms with E-state index in [4.69, 9.17) is 9.72 Å². The van der Waals surface area contributed by atoms with Crippen LogP contribution in [0, 0.1) is 0 Å². The first kappa shape index (κ1) is 20.7. The summed E-state index contributed by atoms with van der Waals surface area (Å²) in [5.74, 6) is 0.948. The largest absolute Gasteiger partial charge is 0.457 e. The lowest BCUT2D eigenvalue weighted by Crippen LogP contribution is -2.13. The standard InChI is InChI=1S/C28H20N2O2S/c31-27(24-16-7-8-17-26(24)32-23-14-5-2-6-15-23)29-22-13-9-12-21(18-22)25-19-33-28(30-25)20-10-3-1-4-11-20/h1-19H,(H,29,31). The third-order valence-corrected chi connectivity index (χ3v) is 5.94. The van der Waals surface area contributed by atoms with E-state index in [1.807, 2.05) is 102 Å². The van der Waals surface area contributed by atoms with Crippen molar-refractivity contribution >= 4 is 22.9 Å². The summed E-state index contributed by atoms with van der Waals surface area (Å²) in [4.78, 5) is 17.8. The minimum Gasteiger partial charge on any atom is -0.457 e. The Labute approximate surface area is 196 Å². The van der Waals surface area contributed by atoms with Gasteiger partial charge in [0.15, 0.2) is 0 Å². The molecule has 0 aliphatic rings. The van der Waals surface area contributed by atoms with Crippen LogP contribution in [0.2, 0.25) is 0 Å². The molecular weight excluding hydrogens is 428 g/mol. The number of carbonyl (C=O) groups excluding carboxylic acids is 1. The van der Waals surface area contributed by atoms with Crippen LogP contribution in [-0.2, 0) is 0 Å². The Balaban J connectivity index is 1.36. The molecule has 1 N–H and O–H groups in total. The van der Waals surface area contributed by atoms with Gasteiger partial charge in [0.05, 0.1) is 11.3 Å². The lowest BCUT2D eigenvalue weighted by Gasteiger charge is -2.12. The molecule has 1 aromatic heterocycles. The number of para-hydroxylation sites is 2. The van der Waals surface area contributed by atoms with E-state index in [0.29, 0.717) is 22.7 Å². The Morgan fingerprint density at radius 2 is 1.45 bits per heavy atom. The number of hydrogen-bond acceptors (Lipinski definition) is 4. The second-order valence-corrected chi connectivity index (χ2v) is 8.21. The first-order valence-corrected chi connectivity index (χ1v) is 11.4. The van der Waals surface area contributed by atoms with Gasteiger partial charge in [-0.15, -0.1) is 11.3 Å². The van der Waals surface area contributed by atoms with Gasteiger partial charge in [0.2, 0.25) is 0 Å². The number of anilines is 1. The van der Waals surface area contributed by atoms with Gasteiger partial charge in [-0.05, 0) is 36.4 Å². The van der Waals surface area contributed by atoms with Crippen molar-refractivity contribution in [3.05, 3.63) is 120 Å². The molecular formula is C28H20N2O2S. The van der Waals surface area contributed by atoms with Crippen LogP contribution >= 0.6 is 11.3 Å². The van der Waals surface area contributed by atoms with E-state index in [1.54, 1.807) is 23.5 Å². The minimum atomic E-state index is -0.234. The molecule has 0 saturated heterocycles. The summed E-state index contributed by atoms with van der Waals surface area (Å²) in [6.45, 7) is 0. The molecule has 0 atom stereocenters. The van der Waals surface area contributed by atoms with Gasteiger partial charge < -0.3 is 10.1 Å². The monoisotopic (exact) mass is 448 g/mol. The van der Waals surface area contributed by atoms with E-state index in [-0.39, 0.29) is 5.91 Å². The average molecular weight is 449 g/mol. The maximum absolute atomic E-state index is 13.1. The highest BCUT2D eigenvalue weighted by Gasteiger charge is 2.14. The molecule has 1 heterocycles. The summed E-state index contributed by atoms with van der Waals surface area (Å²) in [5.41, 5.74) is 4.07. The zero-order valence-corrected chi connectivity index (χ0v) is 18.5. The van der Waals surface area contributed by atoms with Crippen LogP contribution in [0.15, 0.2) is 115 Å². The normalized spacial score (nSPS) is 10.5. The van der Waals surface area contributed by atoms with E-state index in [2.05, 4.69) is 5.32 Å². The van der Waals surface area contributed by atoms with E-state index < -0.39 is 0 Å². The molecule has 0 fully saturated rings. The van der Waals surface area contributed by atoms with Crippen LogP contribution in [0.4, 0.5) is 5.69 Å². The molecule has 5 heteroatoms. The molecule has 0 unspecified atom stereocenters. The fourth-order valence-corrected chi connectivity index (χ4v) is 4.27. The van der Waals surface area contributed by atoms with Crippen molar-refractivity contribution in [3.63, 3.8) is 0 Å². The lowest BCUT2D eigenvalue weighted by molar-refractivity contribution is 0.102. The summed E-state index contributed by atoms with van der Waals surface area (Å²) in [6, 6.07) is 34.5. The molecule has 1 amide bonds. The number of benzene rings is 4.